The number of esters is 1. The number of hydrogen-bond acceptors (Lipinski definition) is 11. The van der Waals surface area contributed by atoms with Crippen LogP contribution in [0.25, 0.3) is 88.6 Å². The molecule has 7 aromatic rings. The van der Waals surface area contributed by atoms with Crippen LogP contribution in [-0.2, 0) is 19.0 Å². The number of nitrogens with one attached hydrogen (secondary N) is 2. The van der Waals surface area contributed by atoms with Crippen molar-refractivity contribution >= 4 is 49.6 Å². The summed E-state index contributed by atoms with van der Waals surface area (Å²) in [6.45, 7) is 11.7. The number of aromatic amines is 2. The molecule has 0 fully saturated rings. The largest absolute Gasteiger partial charge is 0.493 e. The van der Waals surface area contributed by atoms with Crippen LogP contribution in [0.5, 0.6) is 23.0 Å². The van der Waals surface area contributed by atoms with Gasteiger partial charge in [0.15, 0.2) is 13.6 Å². The molecule has 4 aromatic carbocycles. The monoisotopic (exact) mass is 904 g/mol. The third-order valence-corrected chi connectivity index (χ3v) is 12.2. The van der Waals surface area contributed by atoms with Crippen LogP contribution in [0.4, 0.5) is 0 Å². The molecule has 3 N–H and O–H groups in total. The van der Waals surface area contributed by atoms with E-state index in [1.54, 1.807) is 0 Å². The van der Waals surface area contributed by atoms with E-state index < -0.39 is 5.41 Å². The summed E-state index contributed by atoms with van der Waals surface area (Å²) in [7, 11) is 0. The number of ether oxygens (including phenoxy) is 7. The topological polar surface area (TPSA) is 159 Å². The fourth-order valence-electron chi connectivity index (χ4n) is 8.40. The van der Waals surface area contributed by atoms with E-state index in [9.17, 15) is 9.90 Å². The first kappa shape index (κ1) is 45.2. The summed E-state index contributed by atoms with van der Waals surface area (Å²) in [5.74, 6) is 2.40. The first-order valence-corrected chi connectivity index (χ1v) is 23.0. The molecule has 0 amide bonds. The minimum absolute atomic E-state index is 0.0110. The maximum Gasteiger partial charge on any atom is 0.311 e. The predicted octanol–water partition coefficient (Wildman–Crippen LogP) is 11.5. The highest BCUT2D eigenvalue weighted by Crippen LogP contribution is 2.47. The fraction of sp³-hybridized carbons (Fsp3) is 0.315. The van der Waals surface area contributed by atoms with Crippen molar-refractivity contribution in [3.63, 3.8) is 0 Å². The lowest BCUT2D eigenvalue weighted by Crippen LogP contribution is -2.26. The molecule has 0 atom stereocenters. The van der Waals surface area contributed by atoms with Crippen molar-refractivity contribution in [1.29, 1.82) is 0 Å². The van der Waals surface area contributed by atoms with Gasteiger partial charge in [-0.2, -0.15) is 0 Å². The summed E-state index contributed by atoms with van der Waals surface area (Å²) in [5.41, 5.74) is 8.87. The van der Waals surface area contributed by atoms with E-state index in [0.29, 0.717) is 85.8 Å². The van der Waals surface area contributed by atoms with Crippen molar-refractivity contribution in [3.8, 4) is 68.0 Å². The Morgan fingerprint density at radius 2 is 1.03 bits per heavy atom. The van der Waals surface area contributed by atoms with Crippen LogP contribution >= 0.6 is 0 Å². The molecule has 3 aromatic heterocycles. The average Bonchev–Trinajstić information content (AvgIpc) is 4.08. The number of nitrogens with zero attached hydrogens (tertiary/aromatic N) is 2. The van der Waals surface area contributed by atoms with Crippen LogP contribution in [0, 0.1) is 5.41 Å². The van der Waals surface area contributed by atoms with Gasteiger partial charge in [0.1, 0.15) is 23.0 Å². The molecule has 0 saturated heterocycles. The van der Waals surface area contributed by atoms with Gasteiger partial charge >= 0.3 is 5.97 Å². The molecule has 0 unspecified atom stereocenters. The lowest BCUT2D eigenvalue weighted by molar-refractivity contribution is -0.154. The lowest BCUT2D eigenvalue weighted by atomic mass is 9.91. The van der Waals surface area contributed by atoms with Gasteiger partial charge in [-0.25, -0.2) is 9.97 Å². The number of carbonyl (C=O) groups excluding carboxylic acids is 1. The van der Waals surface area contributed by atoms with Crippen LogP contribution in [-0.4, -0.2) is 84.2 Å². The van der Waals surface area contributed by atoms with Gasteiger partial charge in [0.25, 0.3) is 0 Å². The van der Waals surface area contributed by atoms with Crippen LogP contribution < -0.4 is 18.9 Å². The lowest BCUT2D eigenvalue weighted by Gasteiger charge is -2.20. The molecule has 346 valence electrons. The Morgan fingerprint density at radius 1 is 0.567 bits per heavy atom. The van der Waals surface area contributed by atoms with Gasteiger partial charge in [-0.15, -0.1) is 0 Å². The molecule has 9 rings (SSSR count). The maximum absolute atomic E-state index is 12.7. The van der Waals surface area contributed by atoms with Gasteiger partial charge in [0.05, 0.1) is 70.2 Å². The normalized spacial score (nSPS) is 12.0. The molecule has 2 aliphatic rings. The van der Waals surface area contributed by atoms with Crippen LogP contribution in [0.15, 0.2) is 97.1 Å². The molecular weight excluding hydrogens is 849 g/mol. The quantitative estimate of drug-likeness (QED) is 0.0403. The van der Waals surface area contributed by atoms with E-state index in [4.69, 9.17) is 43.1 Å². The van der Waals surface area contributed by atoms with Gasteiger partial charge in [0, 0.05) is 76.4 Å². The van der Waals surface area contributed by atoms with Gasteiger partial charge < -0.3 is 48.2 Å². The third kappa shape index (κ3) is 9.14. The number of aliphatic hydroxyl groups excluding tert-OH is 1. The Bertz CT molecular complexity index is 3100. The number of H-pyrrole nitrogens is 2. The molecular formula is C54H56N4O9. The first-order chi connectivity index (χ1) is 32.7. The summed E-state index contributed by atoms with van der Waals surface area (Å²) in [6, 6.07) is 32.1. The van der Waals surface area contributed by atoms with Crippen molar-refractivity contribution in [3.05, 3.63) is 97.1 Å². The molecule has 5 heterocycles. The Kier molecular flexibility index (Phi) is 13.4. The SMILES string of the molecule is CCOCOc1cccc2c1-c1cc3[nH]c(cc4nc(cc5[nH]c(cc-2n1)c1c(OCOCC)cccc51)-c1c(OCCCO)cccc1-4)c1c(OCCCOC(=O)C(C)(C)CC)cccc31. The van der Waals surface area contributed by atoms with Crippen molar-refractivity contribution in [2.45, 2.75) is 53.9 Å². The molecule has 0 spiro atoms. The number of rotatable bonds is 19. The van der Waals surface area contributed by atoms with Crippen LogP contribution in [0.2, 0.25) is 0 Å². The zero-order valence-corrected chi connectivity index (χ0v) is 38.6. The number of fused-ring (bicyclic) bond motifs is 20. The summed E-state index contributed by atoms with van der Waals surface area (Å²) in [6.07, 6.45) is 1.68. The van der Waals surface area contributed by atoms with E-state index in [2.05, 4.69) is 46.4 Å². The van der Waals surface area contributed by atoms with E-state index in [0.717, 1.165) is 71.6 Å². The van der Waals surface area contributed by atoms with Crippen LogP contribution in [0.1, 0.15) is 53.9 Å². The summed E-state index contributed by atoms with van der Waals surface area (Å²) >= 11 is 0. The van der Waals surface area contributed by atoms with E-state index in [-0.39, 0.29) is 32.8 Å². The van der Waals surface area contributed by atoms with Crippen molar-refractivity contribution in [1.82, 2.24) is 19.9 Å². The molecule has 67 heavy (non-hydrogen) atoms. The number of aromatic nitrogens is 4. The molecule has 8 bridgehead atoms. The Balaban J connectivity index is 1.31. The standard InChI is InChI=1S/C54H56N4O9/c1-6-54(4,5)53(60)65-26-14-25-64-46-20-10-16-34-38-29-43-52-36(18-12-22-48(52)67-32-62-8-3)40(58-43)30-44-51-35(17-11-21-47(51)66-31-61-7-2)39(57-44)28-41-49-33(15-9-19-45(49)63-24-13-23-59)37(55-41)27-42(56-38)50(34)46/h9-12,15-22,27-30,56-57,59H,6-8,13-14,23-26,31-32H2,1-5H3. The van der Waals surface area contributed by atoms with E-state index in [1.165, 1.54) is 0 Å². The smallest absolute Gasteiger partial charge is 0.311 e. The van der Waals surface area contributed by atoms with Crippen molar-refractivity contribution < 1.29 is 43.1 Å². The highest BCUT2D eigenvalue weighted by Gasteiger charge is 2.28. The zero-order valence-electron chi connectivity index (χ0n) is 38.6. The third-order valence-electron chi connectivity index (χ3n) is 12.2. The van der Waals surface area contributed by atoms with E-state index in [1.807, 2.05) is 95.3 Å². The maximum atomic E-state index is 12.7. The highest BCUT2D eigenvalue weighted by molar-refractivity contribution is 6.13. The summed E-state index contributed by atoms with van der Waals surface area (Å²) < 4.78 is 42.4. The molecule has 13 nitrogen and oxygen atoms in total. The Morgan fingerprint density at radius 3 is 1.57 bits per heavy atom. The van der Waals surface area contributed by atoms with Crippen LogP contribution in [0.3, 0.4) is 0 Å². The van der Waals surface area contributed by atoms with Gasteiger partial charge in [-0.05, 0) is 82.6 Å². The Labute approximate surface area is 389 Å². The predicted molar refractivity (Wildman–Crippen MR) is 261 cm³/mol. The van der Waals surface area contributed by atoms with Gasteiger partial charge in [-0.3, -0.25) is 4.79 Å². The molecule has 0 aliphatic carbocycles. The summed E-state index contributed by atoms with van der Waals surface area (Å²) in [4.78, 5) is 30.9. The molecule has 0 saturated carbocycles. The first-order valence-electron chi connectivity index (χ1n) is 23.0. The highest BCUT2D eigenvalue weighted by atomic mass is 16.7. The minimum Gasteiger partial charge on any atom is -0.493 e. The number of hydrogen-bond donors (Lipinski definition) is 3. The fourth-order valence-corrected chi connectivity index (χ4v) is 8.40. The molecule has 2 aliphatic heterocycles. The second kappa shape index (κ2) is 19.9. The summed E-state index contributed by atoms with van der Waals surface area (Å²) in [5, 5.41) is 13.2. The van der Waals surface area contributed by atoms with E-state index >= 15 is 0 Å². The van der Waals surface area contributed by atoms with Crippen molar-refractivity contribution in [2.75, 3.05) is 53.2 Å². The Hall–Kier alpha value is -6.93. The second-order valence-corrected chi connectivity index (χ2v) is 17.0. The van der Waals surface area contributed by atoms with Gasteiger partial charge in [0.2, 0.25) is 0 Å². The zero-order chi connectivity index (χ0) is 46.5. The number of aliphatic hydroxyl groups is 1. The molecule has 13 heteroatoms. The number of benzene rings is 4. The number of carbonyl (C=O) groups is 1. The van der Waals surface area contributed by atoms with Gasteiger partial charge in [-0.1, -0.05) is 55.5 Å². The average molecular weight is 905 g/mol. The second-order valence-electron chi connectivity index (χ2n) is 17.0. The molecule has 0 radical (unpaired) electrons. The van der Waals surface area contributed by atoms with Crippen molar-refractivity contribution in [2.24, 2.45) is 5.41 Å². The minimum atomic E-state index is -0.549.